The van der Waals surface area contributed by atoms with Crippen LogP contribution >= 0.6 is 0 Å². The van der Waals surface area contributed by atoms with Gasteiger partial charge in [0.15, 0.2) is 5.96 Å². The van der Waals surface area contributed by atoms with Crippen LogP contribution in [0.2, 0.25) is 0 Å². The first-order chi connectivity index (χ1) is 9.36. The Morgan fingerprint density at radius 2 is 2.05 bits per heavy atom. The predicted molar refractivity (Wildman–Crippen MR) is 76.3 cm³/mol. The Balaban J connectivity index is 1.58. The number of nitrogens with two attached hydrogens (primary N) is 1. The Hall–Kier alpha value is -0.810. The first kappa shape index (κ1) is 14.6. The molecule has 110 valence electrons. The molecule has 0 bridgehead atoms. The highest BCUT2D eigenvalue weighted by molar-refractivity contribution is 5.78. The maximum atomic E-state index is 6.04. The number of aliphatic imine (C=N–C) groups is 1. The van der Waals surface area contributed by atoms with Gasteiger partial charge in [-0.2, -0.15) is 0 Å². The maximum absolute atomic E-state index is 6.04. The van der Waals surface area contributed by atoms with Crippen molar-refractivity contribution in [1.29, 1.82) is 0 Å². The number of nitrogens with zero attached hydrogens (tertiary/aromatic N) is 2. The lowest BCUT2D eigenvalue weighted by molar-refractivity contribution is 0.0424. The average molecular weight is 269 g/mol. The third kappa shape index (κ3) is 5.37. The fraction of sp³-hybridized carbons (Fsp3) is 0.929. The summed E-state index contributed by atoms with van der Waals surface area (Å²) in [6.07, 6.45) is 7.38. The molecule has 1 atom stereocenters. The first-order valence-electron chi connectivity index (χ1n) is 7.60. The normalized spacial score (nSPS) is 25.6. The van der Waals surface area contributed by atoms with Crippen molar-refractivity contribution in [2.75, 3.05) is 39.5 Å². The van der Waals surface area contributed by atoms with Gasteiger partial charge in [0, 0.05) is 32.8 Å². The van der Waals surface area contributed by atoms with Crippen LogP contribution in [-0.2, 0) is 9.47 Å². The van der Waals surface area contributed by atoms with Gasteiger partial charge >= 0.3 is 0 Å². The van der Waals surface area contributed by atoms with Crippen LogP contribution in [0.1, 0.15) is 38.5 Å². The lowest BCUT2D eigenvalue weighted by atomic mass is 10.2. The molecular formula is C14H27N3O2. The van der Waals surface area contributed by atoms with E-state index in [2.05, 4.69) is 9.89 Å². The van der Waals surface area contributed by atoms with Crippen molar-refractivity contribution in [3.63, 3.8) is 0 Å². The molecule has 0 amide bonds. The van der Waals surface area contributed by atoms with E-state index in [0.29, 0.717) is 12.1 Å². The molecule has 5 nitrogen and oxygen atoms in total. The number of hydrogen-bond acceptors (Lipinski definition) is 3. The minimum Gasteiger partial charge on any atom is -0.379 e. The SMILES string of the molecule is NC(=NCCCOC1CCOC1)N1CCCCCC1. The minimum atomic E-state index is 0.298. The van der Waals surface area contributed by atoms with Gasteiger partial charge in [0.1, 0.15) is 0 Å². The van der Waals surface area contributed by atoms with Crippen LogP contribution in [0.5, 0.6) is 0 Å². The molecule has 1 unspecified atom stereocenters. The summed E-state index contributed by atoms with van der Waals surface area (Å²) in [7, 11) is 0. The second-order valence-electron chi connectivity index (χ2n) is 5.35. The van der Waals surface area contributed by atoms with E-state index < -0.39 is 0 Å². The maximum Gasteiger partial charge on any atom is 0.191 e. The third-order valence-corrected chi connectivity index (χ3v) is 3.75. The van der Waals surface area contributed by atoms with Gasteiger partial charge in [-0.15, -0.1) is 0 Å². The van der Waals surface area contributed by atoms with Gasteiger partial charge in [-0.3, -0.25) is 4.99 Å². The standard InChI is InChI=1S/C14H27N3O2/c15-14(17-8-3-1-2-4-9-17)16-7-5-10-19-13-6-11-18-12-13/h13H,1-12H2,(H2,15,16). The topological polar surface area (TPSA) is 60.1 Å². The summed E-state index contributed by atoms with van der Waals surface area (Å²) in [6.45, 7) is 5.22. The van der Waals surface area contributed by atoms with Crippen molar-refractivity contribution in [2.45, 2.75) is 44.6 Å². The van der Waals surface area contributed by atoms with Gasteiger partial charge in [0.25, 0.3) is 0 Å². The van der Waals surface area contributed by atoms with Crippen LogP contribution in [0.4, 0.5) is 0 Å². The summed E-state index contributed by atoms with van der Waals surface area (Å²) in [5.74, 6) is 0.714. The molecule has 0 aromatic carbocycles. The molecule has 5 heteroatoms. The Morgan fingerprint density at radius 1 is 1.26 bits per heavy atom. The summed E-state index contributed by atoms with van der Waals surface area (Å²) in [4.78, 5) is 6.68. The van der Waals surface area contributed by atoms with E-state index in [1.54, 1.807) is 0 Å². The van der Waals surface area contributed by atoms with E-state index in [1.807, 2.05) is 0 Å². The quantitative estimate of drug-likeness (QED) is 0.465. The number of guanidine groups is 1. The highest BCUT2D eigenvalue weighted by Gasteiger charge is 2.15. The average Bonchev–Trinajstić information content (AvgIpc) is 2.78. The smallest absolute Gasteiger partial charge is 0.191 e. The van der Waals surface area contributed by atoms with Crippen molar-refractivity contribution in [2.24, 2.45) is 10.7 Å². The van der Waals surface area contributed by atoms with Crippen molar-refractivity contribution in [3.05, 3.63) is 0 Å². The molecule has 19 heavy (non-hydrogen) atoms. The van der Waals surface area contributed by atoms with E-state index in [4.69, 9.17) is 15.2 Å². The molecule has 2 heterocycles. The number of rotatable bonds is 5. The van der Waals surface area contributed by atoms with Gasteiger partial charge in [-0.1, -0.05) is 12.8 Å². The highest BCUT2D eigenvalue weighted by Crippen LogP contribution is 2.10. The van der Waals surface area contributed by atoms with Gasteiger partial charge in [0.2, 0.25) is 0 Å². The summed E-state index contributed by atoms with van der Waals surface area (Å²) in [6, 6.07) is 0. The van der Waals surface area contributed by atoms with E-state index in [9.17, 15) is 0 Å². The monoisotopic (exact) mass is 269 g/mol. The summed E-state index contributed by atoms with van der Waals surface area (Å²) in [5.41, 5.74) is 6.04. The van der Waals surface area contributed by atoms with Crippen LogP contribution in [0.3, 0.4) is 0 Å². The molecule has 0 aliphatic carbocycles. The van der Waals surface area contributed by atoms with Crippen LogP contribution in [0.15, 0.2) is 4.99 Å². The van der Waals surface area contributed by atoms with Gasteiger partial charge in [-0.05, 0) is 25.7 Å². The minimum absolute atomic E-state index is 0.298. The molecule has 2 rings (SSSR count). The molecule has 0 saturated carbocycles. The molecule has 2 aliphatic rings. The number of likely N-dealkylation sites (tertiary alicyclic amines) is 1. The molecule has 0 spiro atoms. The fourth-order valence-corrected chi connectivity index (χ4v) is 2.55. The van der Waals surface area contributed by atoms with Crippen molar-refractivity contribution in [1.82, 2.24) is 4.90 Å². The van der Waals surface area contributed by atoms with E-state index in [-0.39, 0.29) is 0 Å². The lowest BCUT2D eigenvalue weighted by Crippen LogP contribution is -2.38. The van der Waals surface area contributed by atoms with E-state index in [1.165, 1.54) is 25.7 Å². The first-order valence-corrected chi connectivity index (χ1v) is 7.60. The van der Waals surface area contributed by atoms with E-state index in [0.717, 1.165) is 52.3 Å². The van der Waals surface area contributed by atoms with Crippen LogP contribution in [-0.4, -0.2) is 56.4 Å². The lowest BCUT2D eigenvalue weighted by Gasteiger charge is -2.21. The molecule has 2 fully saturated rings. The Morgan fingerprint density at radius 3 is 2.74 bits per heavy atom. The molecule has 2 saturated heterocycles. The van der Waals surface area contributed by atoms with Crippen LogP contribution < -0.4 is 5.73 Å². The van der Waals surface area contributed by atoms with Crippen molar-refractivity contribution in [3.8, 4) is 0 Å². The Kier molecular flexibility index (Phi) is 6.44. The second-order valence-corrected chi connectivity index (χ2v) is 5.35. The van der Waals surface area contributed by atoms with Crippen molar-refractivity contribution < 1.29 is 9.47 Å². The van der Waals surface area contributed by atoms with E-state index >= 15 is 0 Å². The Labute approximate surface area is 116 Å². The van der Waals surface area contributed by atoms with Crippen LogP contribution in [0, 0.1) is 0 Å². The molecule has 2 aliphatic heterocycles. The number of ether oxygens (including phenoxy) is 2. The highest BCUT2D eigenvalue weighted by atomic mass is 16.5. The molecule has 0 aromatic heterocycles. The summed E-state index contributed by atoms with van der Waals surface area (Å²) < 4.78 is 11.0. The molecular weight excluding hydrogens is 242 g/mol. The Bertz CT molecular complexity index is 270. The zero-order chi connectivity index (χ0) is 13.3. The zero-order valence-corrected chi connectivity index (χ0v) is 11.9. The summed E-state index contributed by atoms with van der Waals surface area (Å²) in [5, 5.41) is 0. The zero-order valence-electron chi connectivity index (χ0n) is 11.9. The predicted octanol–water partition coefficient (Wildman–Crippen LogP) is 1.37. The van der Waals surface area contributed by atoms with Crippen molar-refractivity contribution >= 4 is 5.96 Å². The summed E-state index contributed by atoms with van der Waals surface area (Å²) >= 11 is 0. The number of hydrogen-bond donors (Lipinski definition) is 1. The second kappa shape index (κ2) is 8.38. The largest absolute Gasteiger partial charge is 0.379 e. The van der Waals surface area contributed by atoms with Gasteiger partial charge < -0.3 is 20.1 Å². The fourth-order valence-electron chi connectivity index (χ4n) is 2.55. The molecule has 0 radical (unpaired) electrons. The van der Waals surface area contributed by atoms with Gasteiger partial charge in [0.05, 0.1) is 12.7 Å². The molecule has 0 aromatic rings. The molecule has 2 N–H and O–H groups in total. The van der Waals surface area contributed by atoms with Gasteiger partial charge in [-0.25, -0.2) is 0 Å². The van der Waals surface area contributed by atoms with Crippen LogP contribution in [0.25, 0.3) is 0 Å². The third-order valence-electron chi connectivity index (χ3n) is 3.75.